The number of esters is 1. The van der Waals surface area contributed by atoms with E-state index in [9.17, 15) is 4.79 Å². The molecular weight excluding hydrogens is 348 g/mol. The summed E-state index contributed by atoms with van der Waals surface area (Å²) in [6, 6.07) is 24.8. The van der Waals surface area contributed by atoms with Crippen LogP contribution in [0.25, 0.3) is 11.1 Å². The molecule has 0 radical (unpaired) electrons. The first-order valence-corrected chi connectivity index (χ1v) is 8.74. The molecule has 26 heavy (non-hydrogen) atoms. The second-order valence-corrected chi connectivity index (χ2v) is 6.82. The molecule has 4 rings (SSSR count). The summed E-state index contributed by atoms with van der Waals surface area (Å²) >= 11 is 5.94. The molecule has 0 bridgehead atoms. The molecule has 130 valence electrons. The van der Waals surface area contributed by atoms with E-state index < -0.39 is 11.9 Å². The van der Waals surface area contributed by atoms with Crippen molar-refractivity contribution < 1.29 is 14.3 Å². The van der Waals surface area contributed by atoms with E-state index in [4.69, 9.17) is 21.1 Å². The molecule has 2 unspecified atom stereocenters. The first-order chi connectivity index (χ1) is 12.6. The van der Waals surface area contributed by atoms with Crippen LogP contribution in [0.3, 0.4) is 0 Å². The average molecular weight is 365 g/mol. The molecule has 0 aromatic heterocycles. The lowest BCUT2D eigenvalue weighted by molar-refractivity contribution is -0.145. The quantitative estimate of drug-likeness (QED) is 0.576. The van der Waals surface area contributed by atoms with Crippen molar-refractivity contribution in [2.24, 2.45) is 0 Å². The van der Waals surface area contributed by atoms with Gasteiger partial charge in [0.2, 0.25) is 6.29 Å². The lowest BCUT2D eigenvalue weighted by Gasteiger charge is -2.19. The maximum absolute atomic E-state index is 12.4. The molecular formula is C22H17ClO3. The maximum atomic E-state index is 12.4. The fourth-order valence-corrected chi connectivity index (χ4v) is 3.18. The second-order valence-electron chi connectivity index (χ2n) is 6.38. The van der Waals surface area contributed by atoms with Crippen molar-refractivity contribution >= 4 is 17.6 Å². The van der Waals surface area contributed by atoms with Crippen LogP contribution in [-0.2, 0) is 19.9 Å². The fourth-order valence-electron chi connectivity index (χ4n) is 3.05. The standard InChI is InChI=1S/C22H17ClO3/c1-22(18-5-3-2-4-6-18)21(24)25-20(26-22)17-9-7-15(8-10-17)16-11-13-19(23)14-12-16/h2-14,20H,1H3. The topological polar surface area (TPSA) is 35.5 Å². The summed E-state index contributed by atoms with van der Waals surface area (Å²) < 4.78 is 11.5. The zero-order chi connectivity index (χ0) is 18.1. The Morgan fingerprint density at radius 2 is 1.42 bits per heavy atom. The number of ether oxygens (including phenoxy) is 2. The van der Waals surface area contributed by atoms with Gasteiger partial charge in [0.25, 0.3) is 0 Å². The Balaban J connectivity index is 1.57. The van der Waals surface area contributed by atoms with Crippen LogP contribution in [-0.4, -0.2) is 5.97 Å². The summed E-state index contributed by atoms with van der Waals surface area (Å²) in [6.45, 7) is 1.74. The molecule has 4 heteroatoms. The van der Waals surface area contributed by atoms with Gasteiger partial charge in [0.15, 0.2) is 5.60 Å². The van der Waals surface area contributed by atoms with Crippen molar-refractivity contribution in [1.29, 1.82) is 0 Å². The van der Waals surface area contributed by atoms with E-state index >= 15 is 0 Å². The fraction of sp³-hybridized carbons (Fsp3) is 0.136. The number of benzene rings is 3. The SMILES string of the molecule is CC1(c2ccccc2)OC(c2ccc(-c3ccc(Cl)cc3)cc2)OC1=O. The van der Waals surface area contributed by atoms with Gasteiger partial charge in [0, 0.05) is 10.6 Å². The second kappa shape index (κ2) is 6.60. The van der Waals surface area contributed by atoms with Gasteiger partial charge in [0.1, 0.15) is 0 Å². The van der Waals surface area contributed by atoms with E-state index in [1.54, 1.807) is 6.92 Å². The highest BCUT2D eigenvalue weighted by Gasteiger charge is 2.48. The monoisotopic (exact) mass is 364 g/mol. The molecule has 0 amide bonds. The number of carbonyl (C=O) groups excluding carboxylic acids is 1. The van der Waals surface area contributed by atoms with Crippen molar-refractivity contribution in [2.45, 2.75) is 18.8 Å². The Bertz CT molecular complexity index is 920. The van der Waals surface area contributed by atoms with Crippen LogP contribution in [0, 0.1) is 0 Å². The minimum absolute atomic E-state index is 0.379. The minimum Gasteiger partial charge on any atom is -0.429 e. The van der Waals surface area contributed by atoms with Crippen LogP contribution < -0.4 is 0 Å². The Morgan fingerprint density at radius 3 is 2.04 bits per heavy atom. The molecule has 1 saturated heterocycles. The number of rotatable bonds is 3. The van der Waals surface area contributed by atoms with Gasteiger partial charge in [-0.3, -0.25) is 0 Å². The molecule has 0 N–H and O–H groups in total. The molecule has 1 fully saturated rings. The molecule has 0 aliphatic carbocycles. The maximum Gasteiger partial charge on any atom is 0.345 e. The van der Waals surface area contributed by atoms with Crippen molar-refractivity contribution in [3.05, 3.63) is 95.0 Å². The van der Waals surface area contributed by atoms with Gasteiger partial charge in [-0.1, -0.05) is 78.3 Å². The average Bonchev–Trinajstić information content (AvgIpc) is 2.99. The van der Waals surface area contributed by atoms with E-state index in [1.165, 1.54) is 0 Å². The van der Waals surface area contributed by atoms with Gasteiger partial charge in [0.05, 0.1) is 0 Å². The van der Waals surface area contributed by atoms with Crippen LogP contribution >= 0.6 is 11.6 Å². The van der Waals surface area contributed by atoms with Gasteiger partial charge in [-0.2, -0.15) is 0 Å². The summed E-state index contributed by atoms with van der Waals surface area (Å²) in [5.74, 6) is -0.379. The lowest BCUT2D eigenvalue weighted by atomic mass is 9.96. The number of halogens is 1. The Hall–Kier alpha value is -2.62. The highest BCUT2D eigenvalue weighted by atomic mass is 35.5. The molecule has 1 aliphatic rings. The Morgan fingerprint density at radius 1 is 0.846 bits per heavy atom. The van der Waals surface area contributed by atoms with E-state index in [0.29, 0.717) is 5.02 Å². The molecule has 0 spiro atoms. The van der Waals surface area contributed by atoms with Gasteiger partial charge in [-0.15, -0.1) is 0 Å². The zero-order valence-electron chi connectivity index (χ0n) is 14.2. The molecule has 2 atom stereocenters. The smallest absolute Gasteiger partial charge is 0.345 e. The molecule has 1 heterocycles. The van der Waals surface area contributed by atoms with Crippen molar-refractivity contribution in [1.82, 2.24) is 0 Å². The minimum atomic E-state index is -1.10. The van der Waals surface area contributed by atoms with Crippen molar-refractivity contribution in [3.63, 3.8) is 0 Å². The van der Waals surface area contributed by atoms with E-state index in [2.05, 4.69) is 0 Å². The Labute approximate surface area is 157 Å². The molecule has 3 nitrogen and oxygen atoms in total. The molecule has 1 aliphatic heterocycles. The third-order valence-corrected chi connectivity index (χ3v) is 4.88. The summed E-state index contributed by atoms with van der Waals surface area (Å²) in [5.41, 5.74) is 2.61. The summed E-state index contributed by atoms with van der Waals surface area (Å²) in [5, 5.41) is 0.705. The third-order valence-electron chi connectivity index (χ3n) is 4.63. The molecule has 3 aromatic rings. The summed E-state index contributed by atoms with van der Waals surface area (Å²) in [7, 11) is 0. The highest BCUT2D eigenvalue weighted by Crippen LogP contribution is 2.41. The normalized spacial score (nSPS) is 22.2. The number of carbonyl (C=O) groups is 1. The predicted molar refractivity (Wildman–Crippen MR) is 101 cm³/mol. The Kier molecular flexibility index (Phi) is 4.27. The van der Waals surface area contributed by atoms with E-state index in [0.717, 1.165) is 22.3 Å². The van der Waals surface area contributed by atoms with E-state index in [1.807, 2.05) is 78.9 Å². The van der Waals surface area contributed by atoms with Gasteiger partial charge in [-0.05, 0) is 35.7 Å². The van der Waals surface area contributed by atoms with Crippen molar-refractivity contribution in [3.8, 4) is 11.1 Å². The highest BCUT2D eigenvalue weighted by molar-refractivity contribution is 6.30. The van der Waals surface area contributed by atoms with Crippen LogP contribution in [0.4, 0.5) is 0 Å². The number of hydrogen-bond acceptors (Lipinski definition) is 3. The van der Waals surface area contributed by atoms with Crippen LogP contribution in [0.2, 0.25) is 5.02 Å². The number of hydrogen-bond donors (Lipinski definition) is 0. The van der Waals surface area contributed by atoms with Crippen LogP contribution in [0.5, 0.6) is 0 Å². The molecule has 0 saturated carbocycles. The lowest BCUT2D eigenvalue weighted by Crippen LogP contribution is -2.29. The number of cyclic esters (lactones) is 1. The van der Waals surface area contributed by atoms with Gasteiger partial charge >= 0.3 is 5.97 Å². The van der Waals surface area contributed by atoms with Crippen LogP contribution in [0.15, 0.2) is 78.9 Å². The largest absolute Gasteiger partial charge is 0.429 e. The van der Waals surface area contributed by atoms with Crippen LogP contribution in [0.1, 0.15) is 24.3 Å². The van der Waals surface area contributed by atoms with Gasteiger partial charge in [-0.25, -0.2) is 4.79 Å². The summed E-state index contributed by atoms with van der Waals surface area (Å²) in [4.78, 5) is 12.4. The first-order valence-electron chi connectivity index (χ1n) is 8.36. The third kappa shape index (κ3) is 3.00. The predicted octanol–water partition coefficient (Wildman–Crippen LogP) is 5.49. The van der Waals surface area contributed by atoms with Gasteiger partial charge < -0.3 is 9.47 Å². The zero-order valence-corrected chi connectivity index (χ0v) is 14.9. The van der Waals surface area contributed by atoms with Crippen molar-refractivity contribution in [2.75, 3.05) is 0 Å². The first kappa shape index (κ1) is 16.8. The molecule has 3 aromatic carbocycles. The summed E-state index contributed by atoms with van der Waals surface area (Å²) in [6.07, 6.45) is -0.716. The van der Waals surface area contributed by atoms with E-state index in [-0.39, 0.29) is 5.97 Å².